The number of benzene rings is 1. The molecule has 0 fully saturated rings. The number of urea groups is 1. The maximum absolute atomic E-state index is 11.8. The Hall–Kier alpha value is -2.12. The van der Waals surface area contributed by atoms with Crippen LogP contribution >= 0.6 is 11.6 Å². The summed E-state index contributed by atoms with van der Waals surface area (Å²) in [6.45, 7) is 1.75. The normalized spacial score (nSPS) is 12.0. The van der Waals surface area contributed by atoms with E-state index >= 15 is 0 Å². The van der Waals surface area contributed by atoms with Gasteiger partial charge in [-0.05, 0) is 31.2 Å². The summed E-state index contributed by atoms with van der Waals surface area (Å²) in [6, 6.07) is 6.44. The summed E-state index contributed by atoms with van der Waals surface area (Å²) in [6.07, 6.45) is 0. The van der Waals surface area contributed by atoms with Crippen LogP contribution in [-0.2, 0) is 6.54 Å². The molecule has 1 unspecified atom stereocenters. The molecule has 0 saturated carbocycles. The molecule has 1 aromatic carbocycles. The average Bonchev–Trinajstić information content (AvgIpc) is 3.00. The molecule has 2 rings (SSSR count). The van der Waals surface area contributed by atoms with Gasteiger partial charge in [0.1, 0.15) is 0 Å². The minimum absolute atomic E-state index is 0.106. The van der Waals surface area contributed by atoms with E-state index in [1.54, 1.807) is 38.2 Å². The first-order valence-corrected chi connectivity index (χ1v) is 7.09. The van der Waals surface area contributed by atoms with E-state index in [4.69, 9.17) is 21.2 Å². The van der Waals surface area contributed by atoms with Gasteiger partial charge in [0.25, 0.3) is 0 Å². The van der Waals surface area contributed by atoms with Crippen molar-refractivity contribution in [2.45, 2.75) is 19.5 Å². The van der Waals surface area contributed by atoms with Gasteiger partial charge in [-0.15, -0.1) is 0 Å². The van der Waals surface area contributed by atoms with Crippen molar-refractivity contribution >= 4 is 17.6 Å². The van der Waals surface area contributed by atoms with Crippen LogP contribution in [-0.4, -0.2) is 45.9 Å². The predicted molar refractivity (Wildman–Crippen MR) is 81.3 cm³/mol. The van der Waals surface area contributed by atoms with Crippen LogP contribution in [0.15, 0.2) is 28.8 Å². The molecule has 8 heteroatoms. The molecule has 0 saturated heterocycles. The molecule has 0 bridgehead atoms. The number of hydrogen-bond donors (Lipinski definition) is 2. The van der Waals surface area contributed by atoms with Crippen LogP contribution in [0.1, 0.15) is 12.8 Å². The van der Waals surface area contributed by atoms with E-state index in [-0.39, 0.29) is 25.2 Å². The van der Waals surface area contributed by atoms with Crippen LogP contribution < -0.4 is 5.32 Å². The first-order chi connectivity index (χ1) is 10.5. The Morgan fingerprint density at radius 2 is 2.14 bits per heavy atom. The topological polar surface area (TPSA) is 91.5 Å². The van der Waals surface area contributed by atoms with Gasteiger partial charge in [-0.2, -0.15) is 4.98 Å². The highest BCUT2D eigenvalue weighted by Crippen LogP contribution is 2.18. The van der Waals surface area contributed by atoms with E-state index < -0.39 is 0 Å². The molecule has 22 heavy (non-hydrogen) atoms. The van der Waals surface area contributed by atoms with Crippen molar-refractivity contribution in [3.8, 4) is 11.4 Å². The van der Waals surface area contributed by atoms with Gasteiger partial charge >= 0.3 is 6.03 Å². The van der Waals surface area contributed by atoms with Gasteiger partial charge in [-0.3, -0.25) is 0 Å². The van der Waals surface area contributed by atoms with E-state index in [0.29, 0.717) is 16.7 Å². The van der Waals surface area contributed by atoms with Crippen LogP contribution in [0.4, 0.5) is 4.79 Å². The molecular formula is C14H17ClN4O3. The largest absolute Gasteiger partial charge is 0.394 e. The maximum Gasteiger partial charge on any atom is 0.317 e. The van der Waals surface area contributed by atoms with Crippen LogP contribution in [0.2, 0.25) is 5.02 Å². The molecular weight excluding hydrogens is 308 g/mol. The zero-order chi connectivity index (χ0) is 16.1. The van der Waals surface area contributed by atoms with Crippen molar-refractivity contribution in [2.75, 3.05) is 13.7 Å². The number of carbonyl (C=O) groups is 1. The van der Waals surface area contributed by atoms with Crippen LogP contribution in [0.3, 0.4) is 0 Å². The first kappa shape index (κ1) is 16.3. The summed E-state index contributed by atoms with van der Waals surface area (Å²) in [5, 5.41) is 16.1. The fraction of sp³-hybridized carbons (Fsp3) is 0.357. The quantitative estimate of drug-likeness (QED) is 0.876. The number of rotatable bonds is 5. The van der Waals surface area contributed by atoms with Gasteiger partial charge in [-0.1, -0.05) is 16.8 Å². The van der Waals surface area contributed by atoms with Crippen molar-refractivity contribution < 1.29 is 14.4 Å². The van der Waals surface area contributed by atoms with Crippen molar-refractivity contribution in [3.05, 3.63) is 35.2 Å². The summed E-state index contributed by atoms with van der Waals surface area (Å²) < 4.78 is 5.09. The molecule has 0 aliphatic carbocycles. The molecule has 0 aliphatic rings. The summed E-state index contributed by atoms with van der Waals surface area (Å²) in [4.78, 5) is 17.4. The number of amides is 2. The van der Waals surface area contributed by atoms with Crippen LogP contribution in [0, 0.1) is 0 Å². The zero-order valence-corrected chi connectivity index (χ0v) is 13.0. The van der Waals surface area contributed by atoms with Crippen molar-refractivity contribution in [2.24, 2.45) is 0 Å². The molecule has 7 nitrogen and oxygen atoms in total. The molecule has 2 amide bonds. The van der Waals surface area contributed by atoms with Gasteiger partial charge in [0.2, 0.25) is 11.7 Å². The van der Waals surface area contributed by atoms with E-state index in [1.165, 1.54) is 4.90 Å². The highest BCUT2D eigenvalue weighted by atomic mass is 35.5. The predicted octanol–water partition coefficient (Wildman–Crippen LogP) is 1.91. The smallest absolute Gasteiger partial charge is 0.317 e. The highest BCUT2D eigenvalue weighted by Gasteiger charge is 2.16. The lowest BCUT2D eigenvalue weighted by Gasteiger charge is -2.22. The third-order valence-electron chi connectivity index (χ3n) is 3.21. The fourth-order valence-electron chi connectivity index (χ4n) is 1.64. The second kappa shape index (κ2) is 7.24. The zero-order valence-electron chi connectivity index (χ0n) is 12.3. The average molecular weight is 325 g/mol. The third kappa shape index (κ3) is 3.96. The van der Waals surface area contributed by atoms with Gasteiger partial charge in [0, 0.05) is 17.6 Å². The van der Waals surface area contributed by atoms with Gasteiger partial charge in [-0.25, -0.2) is 4.79 Å². The second-order valence-corrected chi connectivity index (χ2v) is 5.26. The number of carbonyl (C=O) groups excluding carboxylic acids is 1. The van der Waals surface area contributed by atoms with E-state index in [0.717, 1.165) is 5.56 Å². The Morgan fingerprint density at radius 3 is 2.77 bits per heavy atom. The van der Waals surface area contributed by atoms with Gasteiger partial charge < -0.3 is 19.8 Å². The number of nitrogens with zero attached hydrogens (tertiary/aromatic N) is 3. The van der Waals surface area contributed by atoms with Crippen molar-refractivity contribution in [1.29, 1.82) is 0 Å². The number of aliphatic hydroxyl groups excluding tert-OH is 1. The van der Waals surface area contributed by atoms with Crippen LogP contribution in [0.5, 0.6) is 0 Å². The van der Waals surface area contributed by atoms with Crippen LogP contribution in [0.25, 0.3) is 11.4 Å². The first-order valence-electron chi connectivity index (χ1n) is 6.71. The monoisotopic (exact) mass is 324 g/mol. The lowest BCUT2D eigenvalue weighted by molar-refractivity contribution is 0.156. The van der Waals surface area contributed by atoms with Crippen molar-refractivity contribution in [3.63, 3.8) is 0 Å². The molecule has 2 N–H and O–H groups in total. The molecule has 2 aromatic rings. The number of aromatic nitrogens is 2. The number of likely N-dealkylation sites (N-methyl/N-ethyl adjacent to an activating group) is 1. The molecule has 1 aromatic heterocycles. The minimum atomic E-state index is -0.326. The Balaban J connectivity index is 1.95. The number of aliphatic hydroxyl groups is 1. The molecule has 0 aliphatic heterocycles. The van der Waals surface area contributed by atoms with E-state index in [1.807, 2.05) is 0 Å². The van der Waals surface area contributed by atoms with Gasteiger partial charge in [0.05, 0.1) is 19.2 Å². The molecule has 1 heterocycles. The van der Waals surface area contributed by atoms with E-state index in [2.05, 4.69) is 15.5 Å². The number of hydrogen-bond acceptors (Lipinski definition) is 5. The number of halogens is 1. The summed E-state index contributed by atoms with van der Waals surface area (Å²) >= 11 is 5.82. The standard InChI is InChI=1S/C14H17ClN4O3/c1-9(8-20)19(2)14(21)16-7-12-17-13(18-22-12)10-3-5-11(15)6-4-10/h3-6,9,20H,7-8H2,1-2H3,(H,16,21). The fourth-order valence-corrected chi connectivity index (χ4v) is 1.77. The Bertz CT molecular complexity index is 629. The lowest BCUT2D eigenvalue weighted by atomic mass is 10.2. The maximum atomic E-state index is 11.8. The van der Waals surface area contributed by atoms with E-state index in [9.17, 15) is 4.79 Å². The molecule has 1 atom stereocenters. The van der Waals surface area contributed by atoms with Crippen molar-refractivity contribution in [1.82, 2.24) is 20.4 Å². The molecule has 118 valence electrons. The Labute approximate surface area is 132 Å². The molecule has 0 radical (unpaired) electrons. The lowest BCUT2D eigenvalue weighted by Crippen LogP contribution is -2.43. The highest BCUT2D eigenvalue weighted by molar-refractivity contribution is 6.30. The minimum Gasteiger partial charge on any atom is -0.394 e. The second-order valence-electron chi connectivity index (χ2n) is 4.82. The Morgan fingerprint density at radius 1 is 1.45 bits per heavy atom. The summed E-state index contributed by atoms with van der Waals surface area (Å²) in [5.41, 5.74) is 0.775. The summed E-state index contributed by atoms with van der Waals surface area (Å²) in [7, 11) is 1.60. The molecule has 0 spiro atoms. The Kier molecular flexibility index (Phi) is 5.35. The SMILES string of the molecule is CC(CO)N(C)C(=O)NCc1nc(-c2ccc(Cl)cc2)no1. The van der Waals surface area contributed by atoms with Gasteiger partial charge in [0.15, 0.2) is 0 Å². The summed E-state index contributed by atoms with van der Waals surface area (Å²) in [5.74, 6) is 0.723. The third-order valence-corrected chi connectivity index (χ3v) is 3.46. The number of nitrogens with one attached hydrogen (secondary N) is 1.